The molecule has 0 heterocycles. The second-order valence-electron chi connectivity index (χ2n) is 3.42. The Hall–Kier alpha value is -0.720. The zero-order valence-electron chi connectivity index (χ0n) is 8.53. The molecule has 16 heavy (non-hydrogen) atoms. The van der Waals surface area contributed by atoms with Crippen LogP contribution >= 0.6 is 11.8 Å². The number of benzene rings is 1. The number of halogens is 3. The first-order valence-electron chi connectivity index (χ1n) is 4.59. The average molecular weight is 251 g/mol. The lowest BCUT2D eigenvalue weighted by Gasteiger charge is -2.15. The van der Waals surface area contributed by atoms with Gasteiger partial charge in [-0.3, -0.25) is 0 Å². The Morgan fingerprint density at radius 2 is 1.75 bits per heavy atom. The van der Waals surface area contributed by atoms with Crippen LogP contribution in [-0.4, -0.2) is 16.7 Å². The van der Waals surface area contributed by atoms with Crippen molar-refractivity contribution in [1.29, 1.82) is 0 Å². The molecule has 0 spiro atoms. The second kappa shape index (κ2) is 5.07. The molecule has 1 rings (SSSR count). The van der Waals surface area contributed by atoms with E-state index >= 15 is 0 Å². The third-order valence-corrected chi connectivity index (χ3v) is 2.69. The Morgan fingerprint density at radius 1 is 1.25 bits per heavy atom. The largest absolute Gasteiger partial charge is 0.446 e. The molecule has 0 saturated heterocycles. The van der Waals surface area contributed by atoms with Gasteiger partial charge in [0.25, 0.3) is 0 Å². The third kappa shape index (κ3) is 4.03. The van der Waals surface area contributed by atoms with Gasteiger partial charge in [0.2, 0.25) is 0 Å². The minimum absolute atomic E-state index is 0.0909. The van der Waals surface area contributed by atoms with Crippen LogP contribution in [0.5, 0.6) is 0 Å². The molecule has 0 aliphatic heterocycles. The number of thioether (sulfide) groups is 1. The molecule has 90 valence electrons. The van der Waals surface area contributed by atoms with Crippen molar-refractivity contribution < 1.29 is 18.3 Å². The summed E-state index contributed by atoms with van der Waals surface area (Å²) in [6, 6.07) is 5.07. The predicted molar refractivity (Wildman–Crippen MR) is 57.0 cm³/mol. The highest BCUT2D eigenvalue weighted by atomic mass is 32.2. The van der Waals surface area contributed by atoms with Crippen LogP contribution in [0.4, 0.5) is 13.2 Å². The minimum Gasteiger partial charge on any atom is -0.387 e. The number of aliphatic hydroxyl groups is 1. The molecule has 3 N–H and O–H groups in total. The summed E-state index contributed by atoms with van der Waals surface area (Å²) in [5.74, 6) is 0. The summed E-state index contributed by atoms with van der Waals surface area (Å²) in [5, 5.41) is 9.57. The quantitative estimate of drug-likeness (QED) is 0.812. The topological polar surface area (TPSA) is 46.2 Å². The molecule has 2 nitrogen and oxygen atoms in total. The Morgan fingerprint density at radius 3 is 2.12 bits per heavy atom. The number of rotatable bonds is 3. The number of hydrogen-bond acceptors (Lipinski definition) is 3. The summed E-state index contributed by atoms with van der Waals surface area (Å²) in [5.41, 5.74) is 1.70. The average Bonchev–Trinajstić information content (AvgIpc) is 2.15. The number of nitrogens with two attached hydrogens (primary N) is 1. The van der Waals surface area contributed by atoms with Gasteiger partial charge < -0.3 is 10.8 Å². The Bertz CT molecular complexity index is 337. The summed E-state index contributed by atoms with van der Waals surface area (Å²) < 4.78 is 36.1. The Balaban J connectivity index is 2.76. The molecule has 2 atom stereocenters. The van der Waals surface area contributed by atoms with Crippen molar-refractivity contribution >= 4 is 11.8 Å². The number of aliphatic hydroxyl groups excluding tert-OH is 1. The van der Waals surface area contributed by atoms with E-state index in [9.17, 15) is 18.3 Å². The first kappa shape index (κ1) is 13.3. The van der Waals surface area contributed by atoms with Crippen LogP contribution in [0.2, 0.25) is 0 Å². The SMILES string of the molecule is CC(N)C(O)c1ccc(SC(F)(F)F)cc1. The molecule has 0 fully saturated rings. The smallest absolute Gasteiger partial charge is 0.387 e. The summed E-state index contributed by atoms with van der Waals surface area (Å²) in [4.78, 5) is 0.0909. The lowest BCUT2D eigenvalue weighted by atomic mass is 10.0. The van der Waals surface area contributed by atoms with Crippen molar-refractivity contribution in [3.8, 4) is 0 Å². The van der Waals surface area contributed by atoms with Crippen LogP contribution in [0, 0.1) is 0 Å². The van der Waals surface area contributed by atoms with E-state index in [0.717, 1.165) is 0 Å². The minimum atomic E-state index is -4.29. The highest BCUT2D eigenvalue weighted by molar-refractivity contribution is 8.00. The Kier molecular flexibility index (Phi) is 4.23. The van der Waals surface area contributed by atoms with Crippen molar-refractivity contribution in [3.63, 3.8) is 0 Å². The molecule has 1 aromatic rings. The van der Waals surface area contributed by atoms with Gasteiger partial charge in [0.15, 0.2) is 0 Å². The summed E-state index contributed by atoms with van der Waals surface area (Å²) in [6.07, 6.45) is -0.857. The molecule has 1 aromatic carbocycles. The number of alkyl halides is 3. The predicted octanol–water partition coefficient (Wildman–Crippen LogP) is 2.68. The molecule has 2 unspecified atom stereocenters. The third-order valence-electron chi connectivity index (χ3n) is 1.95. The van der Waals surface area contributed by atoms with E-state index in [2.05, 4.69) is 0 Å². The molecule has 0 aliphatic carbocycles. The van der Waals surface area contributed by atoms with E-state index in [0.29, 0.717) is 5.56 Å². The highest BCUT2D eigenvalue weighted by Crippen LogP contribution is 2.37. The fourth-order valence-corrected chi connectivity index (χ4v) is 1.71. The van der Waals surface area contributed by atoms with Crippen LogP contribution < -0.4 is 5.73 Å². The highest BCUT2D eigenvalue weighted by Gasteiger charge is 2.29. The number of hydrogen-bond donors (Lipinski definition) is 2. The van der Waals surface area contributed by atoms with Crippen LogP contribution in [-0.2, 0) is 0 Å². The van der Waals surface area contributed by atoms with E-state index in [1.165, 1.54) is 24.3 Å². The fraction of sp³-hybridized carbons (Fsp3) is 0.400. The van der Waals surface area contributed by atoms with E-state index < -0.39 is 17.7 Å². The van der Waals surface area contributed by atoms with Gasteiger partial charge in [-0.25, -0.2) is 0 Å². The molecule has 0 amide bonds. The Labute approximate surface area is 95.6 Å². The maximum atomic E-state index is 12.0. The first-order valence-corrected chi connectivity index (χ1v) is 5.40. The molecule has 6 heteroatoms. The second-order valence-corrected chi connectivity index (χ2v) is 4.56. The molecular weight excluding hydrogens is 239 g/mol. The summed E-state index contributed by atoms with van der Waals surface area (Å²) in [6.45, 7) is 1.63. The lowest BCUT2D eigenvalue weighted by molar-refractivity contribution is -0.0328. The fourth-order valence-electron chi connectivity index (χ4n) is 1.17. The van der Waals surface area contributed by atoms with Gasteiger partial charge in [-0.2, -0.15) is 13.2 Å². The van der Waals surface area contributed by atoms with Crippen LogP contribution in [0.1, 0.15) is 18.6 Å². The normalized spacial score (nSPS) is 15.9. The van der Waals surface area contributed by atoms with E-state index in [1.54, 1.807) is 6.92 Å². The van der Waals surface area contributed by atoms with Gasteiger partial charge in [-0.15, -0.1) is 0 Å². The lowest BCUT2D eigenvalue weighted by Crippen LogP contribution is -2.24. The molecule has 0 radical (unpaired) electrons. The monoisotopic (exact) mass is 251 g/mol. The van der Waals surface area contributed by atoms with Crippen molar-refractivity contribution in [2.24, 2.45) is 5.73 Å². The van der Waals surface area contributed by atoms with Gasteiger partial charge in [0, 0.05) is 10.9 Å². The van der Waals surface area contributed by atoms with Crippen molar-refractivity contribution in [1.82, 2.24) is 0 Å². The van der Waals surface area contributed by atoms with E-state index in [1.807, 2.05) is 0 Å². The van der Waals surface area contributed by atoms with Crippen molar-refractivity contribution in [2.45, 2.75) is 29.5 Å². The maximum Gasteiger partial charge on any atom is 0.446 e. The van der Waals surface area contributed by atoms with Gasteiger partial charge in [0.05, 0.1) is 6.10 Å². The van der Waals surface area contributed by atoms with E-state index in [-0.39, 0.29) is 16.7 Å². The molecule has 0 bridgehead atoms. The molecule has 0 saturated carbocycles. The van der Waals surface area contributed by atoms with Crippen LogP contribution in [0.3, 0.4) is 0 Å². The van der Waals surface area contributed by atoms with E-state index in [4.69, 9.17) is 5.73 Å². The van der Waals surface area contributed by atoms with Crippen molar-refractivity contribution in [2.75, 3.05) is 0 Å². The van der Waals surface area contributed by atoms with Gasteiger partial charge in [-0.05, 0) is 36.4 Å². The zero-order chi connectivity index (χ0) is 12.3. The maximum absolute atomic E-state index is 12.0. The van der Waals surface area contributed by atoms with Gasteiger partial charge in [0.1, 0.15) is 0 Å². The van der Waals surface area contributed by atoms with Crippen LogP contribution in [0.15, 0.2) is 29.2 Å². The zero-order valence-corrected chi connectivity index (χ0v) is 9.35. The van der Waals surface area contributed by atoms with Gasteiger partial charge in [-0.1, -0.05) is 12.1 Å². The van der Waals surface area contributed by atoms with Crippen molar-refractivity contribution in [3.05, 3.63) is 29.8 Å². The first-order chi connectivity index (χ1) is 7.29. The van der Waals surface area contributed by atoms with Gasteiger partial charge >= 0.3 is 5.51 Å². The molecule has 0 aromatic heterocycles. The molecular formula is C10H12F3NOS. The standard InChI is InChI=1S/C10H12F3NOS/c1-6(14)9(15)7-2-4-8(5-3-7)16-10(11,12)13/h2-6,9,15H,14H2,1H3. The summed E-state index contributed by atoms with van der Waals surface area (Å²) in [7, 11) is 0. The molecule has 0 aliphatic rings. The summed E-state index contributed by atoms with van der Waals surface area (Å²) >= 11 is -0.183. The van der Waals surface area contributed by atoms with Crippen LogP contribution in [0.25, 0.3) is 0 Å².